The Kier molecular flexibility index (Phi) is 6.95. The highest BCUT2D eigenvalue weighted by molar-refractivity contribution is 5.83. The van der Waals surface area contributed by atoms with Crippen molar-refractivity contribution in [3.8, 4) is 5.75 Å². The molecule has 1 atom stereocenters. The van der Waals surface area contributed by atoms with Gasteiger partial charge in [-0.2, -0.15) is 0 Å². The van der Waals surface area contributed by atoms with Crippen molar-refractivity contribution in [2.45, 2.75) is 25.3 Å². The third-order valence-corrected chi connectivity index (χ3v) is 3.56. The number of halogens is 1. The van der Waals surface area contributed by atoms with Gasteiger partial charge < -0.3 is 15.2 Å². The minimum absolute atomic E-state index is 0.104. The number of aliphatic carboxylic acids is 1. The van der Waals surface area contributed by atoms with Crippen molar-refractivity contribution in [3.63, 3.8) is 0 Å². The van der Waals surface area contributed by atoms with Gasteiger partial charge in [-0.1, -0.05) is 42.5 Å². The van der Waals surface area contributed by atoms with Crippen LogP contribution >= 0.6 is 0 Å². The van der Waals surface area contributed by atoms with Crippen LogP contribution in [0.2, 0.25) is 0 Å². The molecule has 5 nitrogen and oxygen atoms in total. The van der Waals surface area contributed by atoms with Crippen LogP contribution in [0.5, 0.6) is 5.75 Å². The number of carbonyl (C=O) groups is 2. The van der Waals surface area contributed by atoms with Gasteiger partial charge in [0.1, 0.15) is 6.04 Å². The van der Waals surface area contributed by atoms with E-state index in [2.05, 4.69) is 5.32 Å². The molecule has 2 N–H and O–H groups in total. The van der Waals surface area contributed by atoms with Crippen LogP contribution in [0.1, 0.15) is 18.4 Å². The normalized spacial score (nSPS) is 11.6. The topological polar surface area (TPSA) is 75.6 Å². The Morgan fingerprint density at radius 1 is 1.08 bits per heavy atom. The van der Waals surface area contributed by atoms with Crippen LogP contribution in [-0.4, -0.2) is 29.6 Å². The summed E-state index contributed by atoms with van der Waals surface area (Å²) < 4.78 is 18.6. The van der Waals surface area contributed by atoms with E-state index in [9.17, 15) is 19.1 Å². The molecular formula is C19H20FNO4. The molecule has 2 aromatic rings. The molecule has 0 bridgehead atoms. The van der Waals surface area contributed by atoms with Crippen molar-refractivity contribution in [1.82, 2.24) is 5.32 Å². The second kappa shape index (κ2) is 9.42. The molecule has 0 heterocycles. The predicted octanol–water partition coefficient (Wildman–Crippen LogP) is 2.80. The predicted molar refractivity (Wildman–Crippen MR) is 90.8 cm³/mol. The van der Waals surface area contributed by atoms with Crippen LogP contribution in [0.15, 0.2) is 54.6 Å². The van der Waals surface area contributed by atoms with E-state index in [1.807, 2.05) is 30.3 Å². The van der Waals surface area contributed by atoms with Gasteiger partial charge in [0.2, 0.25) is 5.91 Å². The summed E-state index contributed by atoms with van der Waals surface area (Å²) in [6.07, 6.45) is 0.679. The molecule has 0 radical (unpaired) electrons. The monoisotopic (exact) mass is 345 g/mol. The molecule has 0 saturated heterocycles. The minimum Gasteiger partial charge on any atom is -0.491 e. The number of hydrogen-bond donors (Lipinski definition) is 2. The fourth-order valence-electron chi connectivity index (χ4n) is 2.29. The first kappa shape index (κ1) is 18.4. The smallest absolute Gasteiger partial charge is 0.326 e. The van der Waals surface area contributed by atoms with Crippen molar-refractivity contribution in [1.29, 1.82) is 0 Å². The first-order valence-electron chi connectivity index (χ1n) is 7.99. The average Bonchev–Trinajstić information content (AvgIpc) is 2.60. The summed E-state index contributed by atoms with van der Waals surface area (Å²) in [5, 5.41) is 11.8. The molecule has 0 saturated carbocycles. The van der Waals surface area contributed by atoms with Gasteiger partial charge >= 0.3 is 5.97 Å². The molecule has 0 aromatic heterocycles. The fourth-order valence-corrected chi connectivity index (χ4v) is 2.29. The molecule has 132 valence electrons. The molecule has 2 rings (SSSR count). The second-order valence-electron chi connectivity index (χ2n) is 5.53. The van der Waals surface area contributed by atoms with Crippen LogP contribution in [0, 0.1) is 5.82 Å². The molecule has 0 unspecified atom stereocenters. The molecule has 6 heteroatoms. The number of ether oxygens (including phenoxy) is 1. The molecular weight excluding hydrogens is 325 g/mol. The summed E-state index contributed by atoms with van der Waals surface area (Å²) in [5.41, 5.74) is 0.832. The zero-order valence-electron chi connectivity index (χ0n) is 13.7. The number of amides is 1. The number of para-hydroxylation sites is 1. The molecule has 2 aromatic carbocycles. The van der Waals surface area contributed by atoms with Crippen LogP contribution in [0.25, 0.3) is 0 Å². The average molecular weight is 345 g/mol. The Morgan fingerprint density at radius 2 is 1.76 bits per heavy atom. The minimum atomic E-state index is -1.08. The lowest BCUT2D eigenvalue weighted by atomic mass is 10.1. The highest BCUT2D eigenvalue weighted by Gasteiger charge is 2.20. The van der Waals surface area contributed by atoms with Crippen molar-refractivity contribution in [3.05, 3.63) is 66.0 Å². The van der Waals surface area contributed by atoms with Gasteiger partial charge in [0.15, 0.2) is 11.6 Å². The molecule has 0 aliphatic rings. The number of carboxylic acid groups (broad SMARTS) is 1. The summed E-state index contributed by atoms with van der Waals surface area (Å²) in [4.78, 5) is 23.2. The second-order valence-corrected chi connectivity index (χ2v) is 5.53. The van der Waals surface area contributed by atoms with E-state index >= 15 is 0 Å². The fraction of sp³-hybridized carbons (Fsp3) is 0.263. The maximum atomic E-state index is 13.4. The van der Waals surface area contributed by atoms with Gasteiger partial charge in [0.25, 0.3) is 0 Å². The highest BCUT2D eigenvalue weighted by Crippen LogP contribution is 2.15. The summed E-state index contributed by atoms with van der Waals surface area (Å²) in [7, 11) is 0. The summed E-state index contributed by atoms with van der Waals surface area (Å²) in [6, 6.07) is 14.1. The number of rotatable bonds is 9. The van der Waals surface area contributed by atoms with E-state index in [0.29, 0.717) is 6.42 Å². The third-order valence-electron chi connectivity index (χ3n) is 3.56. The summed E-state index contributed by atoms with van der Waals surface area (Å²) in [5.74, 6) is -1.78. The Hall–Kier alpha value is -2.89. The van der Waals surface area contributed by atoms with Crippen LogP contribution in [-0.2, 0) is 16.0 Å². The van der Waals surface area contributed by atoms with Crippen molar-refractivity contribution in [2.24, 2.45) is 0 Å². The highest BCUT2D eigenvalue weighted by atomic mass is 19.1. The largest absolute Gasteiger partial charge is 0.491 e. The molecule has 1 amide bonds. The van der Waals surface area contributed by atoms with Crippen molar-refractivity contribution in [2.75, 3.05) is 6.61 Å². The van der Waals surface area contributed by atoms with Crippen molar-refractivity contribution >= 4 is 11.9 Å². The number of carbonyl (C=O) groups excluding carboxylic acids is 1. The number of hydrogen-bond acceptors (Lipinski definition) is 3. The lowest BCUT2D eigenvalue weighted by Crippen LogP contribution is -2.42. The number of nitrogens with one attached hydrogen (secondary N) is 1. The van der Waals surface area contributed by atoms with E-state index < -0.39 is 17.8 Å². The van der Waals surface area contributed by atoms with E-state index in [0.717, 1.165) is 5.56 Å². The standard InChI is InChI=1S/C19H20FNO4/c20-15-9-4-5-10-17(15)25-12-6-11-18(22)21-16(19(23)24)13-14-7-2-1-3-8-14/h1-5,7-10,16H,6,11-13H2,(H,21,22)(H,23,24)/t16-/m1/s1. The van der Waals surface area contributed by atoms with Gasteiger partial charge in [0, 0.05) is 12.8 Å². The number of carboxylic acids is 1. The Labute approximate surface area is 145 Å². The van der Waals surface area contributed by atoms with Gasteiger partial charge in [-0.15, -0.1) is 0 Å². The first-order valence-corrected chi connectivity index (χ1v) is 7.99. The van der Waals surface area contributed by atoms with Crippen molar-refractivity contribution < 1.29 is 23.8 Å². The van der Waals surface area contributed by atoms with Gasteiger partial charge in [0.05, 0.1) is 6.61 Å². The van der Waals surface area contributed by atoms with E-state index in [1.54, 1.807) is 12.1 Å². The molecule has 0 aliphatic carbocycles. The first-order chi connectivity index (χ1) is 12.1. The van der Waals surface area contributed by atoms with E-state index in [-0.39, 0.29) is 31.1 Å². The maximum Gasteiger partial charge on any atom is 0.326 e. The van der Waals surface area contributed by atoms with Gasteiger partial charge in [-0.25, -0.2) is 9.18 Å². The Bertz CT molecular complexity index is 706. The Morgan fingerprint density at radius 3 is 2.44 bits per heavy atom. The quantitative estimate of drug-likeness (QED) is 0.685. The van der Waals surface area contributed by atoms with Gasteiger partial charge in [-0.05, 0) is 24.1 Å². The van der Waals surface area contributed by atoms with Crippen LogP contribution in [0.4, 0.5) is 4.39 Å². The van der Waals surface area contributed by atoms with E-state index in [4.69, 9.17) is 4.74 Å². The van der Waals surface area contributed by atoms with Crippen LogP contribution < -0.4 is 10.1 Å². The lowest BCUT2D eigenvalue weighted by Gasteiger charge is -2.15. The number of benzene rings is 2. The molecule has 0 spiro atoms. The lowest BCUT2D eigenvalue weighted by molar-refractivity contribution is -0.141. The SMILES string of the molecule is O=C(CCCOc1ccccc1F)N[C@H](Cc1ccccc1)C(=O)O. The van der Waals surface area contributed by atoms with Gasteiger partial charge in [-0.3, -0.25) is 4.79 Å². The summed E-state index contributed by atoms with van der Waals surface area (Å²) >= 11 is 0. The van der Waals surface area contributed by atoms with Crippen LogP contribution in [0.3, 0.4) is 0 Å². The zero-order valence-corrected chi connectivity index (χ0v) is 13.7. The summed E-state index contributed by atoms with van der Waals surface area (Å²) in [6.45, 7) is 0.171. The molecule has 25 heavy (non-hydrogen) atoms. The zero-order chi connectivity index (χ0) is 18.1. The maximum absolute atomic E-state index is 13.4. The molecule has 0 aliphatic heterocycles. The Balaban J connectivity index is 1.75. The van der Waals surface area contributed by atoms with E-state index in [1.165, 1.54) is 12.1 Å². The molecule has 0 fully saturated rings. The third kappa shape index (κ3) is 6.25.